The van der Waals surface area contributed by atoms with Gasteiger partial charge in [0.25, 0.3) is 0 Å². The van der Waals surface area contributed by atoms with Gasteiger partial charge >= 0.3 is 5.97 Å². The molecule has 0 aliphatic carbocycles. The highest BCUT2D eigenvalue weighted by atomic mass is 35.5. The summed E-state index contributed by atoms with van der Waals surface area (Å²) in [4.78, 5) is 11.9. The van der Waals surface area contributed by atoms with Crippen molar-refractivity contribution in [2.24, 2.45) is 0 Å². The summed E-state index contributed by atoms with van der Waals surface area (Å²) in [6, 6.07) is 11.1. The first-order valence-corrected chi connectivity index (χ1v) is 10.3. The van der Waals surface area contributed by atoms with E-state index >= 15 is 0 Å². The summed E-state index contributed by atoms with van der Waals surface area (Å²) in [5.41, 5.74) is 3.00. The number of nitrogens with one attached hydrogen (secondary N) is 1. The number of rotatable bonds is 5. The second-order valence-electron chi connectivity index (χ2n) is 7.10. The van der Waals surface area contributed by atoms with Crippen molar-refractivity contribution in [2.75, 3.05) is 17.6 Å². The van der Waals surface area contributed by atoms with Gasteiger partial charge in [-0.1, -0.05) is 41.5 Å². The van der Waals surface area contributed by atoms with Crippen LogP contribution in [-0.2, 0) is 9.53 Å². The van der Waals surface area contributed by atoms with E-state index in [0.29, 0.717) is 16.3 Å². The molecular weight excluding hydrogens is 394 g/mol. The van der Waals surface area contributed by atoms with E-state index in [1.807, 2.05) is 52.1 Å². The molecule has 0 atom stereocenters. The molecule has 148 valence electrons. The molecule has 4 nitrogen and oxygen atoms in total. The molecule has 0 radical (unpaired) electrons. The van der Waals surface area contributed by atoms with Crippen LogP contribution in [0.4, 0.5) is 5.69 Å². The molecule has 0 bridgehead atoms. The second-order valence-corrected chi connectivity index (χ2v) is 8.15. The molecule has 2 aromatic carbocycles. The van der Waals surface area contributed by atoms with E-state index in [2.05, 4.69) is 16.6 Å². The number of aryl methyl sites for hydroxylation is 1. The Kier molecular flexibility index (Phi) is 7.68. The fourth-order valence-electron chi connectivity index (χ4n) is 2.31. The molecule has 0 aliphatic heterocycles. The van der Waals surface area contributed by atoms with Gasteiger partial charge in [0.15, 0.2) is 6.61 Å². The maximum atomic E-state index is 11.9. The molecule has 0 fully saturated rings. The number of anilines is 1. The lowest BCUT2D eigenvalue weighted by Gasteiger charge is -2.19. The number of benzene rings is 2. The number of esters is 1. The van der Waals surface area contributed by atoms with Gasteiger partial charge < -0.3 is 14.2 Å². The van der Waals surface area contributed by atoms with E-state index in [9.17, 15) is 4.79 Å². The summed E-state index contributed by atoms with van der Waals surface area (Å²) in [5, 5.41) is 0.545. The highest BCUT2D eigenvalue weighted by Gasteiger charge is 2.17. The van der Waals surface area contributed by atoms with Gasteiger partial charge in [-0.05, 0) is 63.6 Å². The number of halogens is 1. The standard InChI is InChI=1S/C22H24ClNO3S/c1-15-6-10-19(24-28-5)13-16(15)7-8-17-12-18(23)9-11-20(17)26-14-21(25)27-22(2,3)4/h6,9-13,24H,14H2,1-5H3. The number of carbonyl (C=O) groups is 1. The van der Waals surface area contributed by atoms with Crippen molar-refractivity contribution < 1.29 is 14.3 Å². The predicted octanol–water partition coefficient (Wildman–Crippen LogP) is 5.46. The molecule has 1 N–H and O–H groups in total. The molecule has 0 saturated carbocycles. The van der Waals surface area contributed by atoms with Crippen LogP contribution < -0.4 is 9.46 Å². The van der Waals surface area contributed by atoms with Crippen LogP contribution in [0.2, 0.25) is 5.02 Å². The Morgan fingerprint density at radius 3 is 2.54 bits per heavy atom. The van der Waals surface area contributed by atoms with Gasteiger partial charge in [0.05, 0.1) is 5.56 Å². The summed E-state index contributed by atoms with van der Waals surface area (Å²) < 4.78 is 14.1. The second kappa shape index (κ2) is 9.77. The first-order chi connectivity index (χ1) is 13.2. The van der Waals surface area contributed by atoms with Crippen molar-refractivity contribution in [2.45, 2.75) is 33.3 Å². The molecule has 0 saturated heterocycles. The lowest BCUT2D eigenvalue weighted by atomic mass is 10.1. The maximum absolute atomic E-state index is 11.9. The third-order valence-corrected chi connectivity index (χ3v) is 4.17. The van der Waals surface area contributed by atoms with Crippen LogP contribution in [0.1, 0.15) is 37.5 Å². The van der Waals surface area contributed by atoms with Crippen molar-refractivity contribution in [1.29, 1.82) is 0 Å². The molecule has 2 rings (SSSR count). The fourth-order valence-corrected chi connectivity index (χ4v) is 2.84. The summed E-state index contributed by atoms with van der Waals surface area (Å²) in [5.74, 6) is 6.32. The molecule has 0 unspecified atom stereocenters. The number of carbonyl (C=O) groups excluding carboxylic acids is 1. The molecule has 0 aromatic heterocycles. The number of ether oxygens (including phenoxy) is 2. The van der Waals surface area contributed by atoms with Crippen LogP contribution in [0, 0.1) is 18.8 Å². The Morgan fingerprint density at radius 1 is 1.14 bits per heavy atom. The Bertz CT molecular complexity index is 910. The number of hydrogen-bond acceptors (Lipinski definition) is 5. The van der Waals surface area contributed by atoms with Gasteiger partial charge in [0.2, 0.25) is 0 Å². The zero-order valence-corrected chi connectivity index (χ0v) is 18.3. The minimum atomic E-state index is -0.559. The van der Waals surface area contributed by atoms with Gasteiger partial charge in [-0.2, -0.15) is 0 Å². The van der Waals surface area contributed by atoms with Crippen molar-refractivity contribution in [3.8, 4) is 17.6 Å². The monoisotopic (exact) mass is 417 g/mol. The van der Waals surface area contributed by atoms with E-state index in [1.54, 1.807) is 18.2 Å². The van der Waals surface area contributed by atoms with Crippen molar-refractivity contribution >= 4 is 35.2 Å². The van der Waals surface area contributed by atoms with Gasteiger partial charge in [-0.3, -0.25) is 0 Å². The minimum Gasteiger partial charge on any atom is -0.481 e. The lowest BCUT2D eigenvalue weighted by Crippen LogP contribution is -2.27. The van der Waals surface area contributed by atoms with Gasteiger partial charge in [-0.15, -0.1) is 0 Å². The molecule has 28 heavy (non-hydrogen) atoms. The Labute approximate surface area is 176 Å². The van der Waals surface area contributed by atoms with Crippen LogP contribution in [-0.4, -0.2) is 24.4 Å². The van der Waals surface area contributed by atoms with E-state index in [-0.39, 0.29) is 6.61 Å². The SMILES string of the molecule is CSNc1ccc(C)c(C#Cc2cc(Cl)ccc2OCC(=O)OC(C)(C)C)c1. The summed E-state index contributed by atoms with van der Waals surface area (Å²) >= 11 is 7.64. The van der Waals surface area contributed by atoms with Crippen LogP contribution in [0.3, 0.4) is 0 Å². The van der Waals surface area contributed by atoms with Gasteiger partial charge in [-0.25, -0.2) is 4.79 Å². The molecule has 0 aliphatic rings. The van der Waals surface area contributed by atoms with Gasteiger partial charge in [0, 0.05) is 22.5 Å². The highest BCUT2D eigenvalue weighted by molar-refractivity contribution is 7.99. The van der Waals surface area contributed by atoms with Crippen LogP contribution in [0.25, 0.3) is 0 Å². The van der Waals surface area contributed by atoms with E-state index in [4.69, 9.17) is 21.1 Å². The average Bonchev–Trinajstić information content (AvgIpc) is 2.60. The smallest absolute Gasteiger partial charge is 0.344 e. The van der Waals surface area contributed by atoms with Crippen molar-refractivity contribution in [3.63, 3.8) is 0 Å². The largest absolute Gasteiger partial charge is 0.481 e. The Morgan fingerprint density at radius 2 is 1.86 bits per heavy atom. The molecule has 0 spiro atoms. The van der Waals surface area contributed by atoms with Gasteiger partial charge in [0.1, 0.15) is 11.4 Å². The third kappa shape index (κ3) is 7.03. The summed E-state index contributed by atoms with van der Waals surface area (Å²) in [6.45, 7) is 7.25. The van der Waals surface area contributed by atoms with E-state index < -0.39 is 11.6 Å². The summed E-state index contributed by atoms with van der Waals surface area (Å²) in [7, 11) is 0. The molecule has 0 amide bonds. The predicted molar refractivity (Wildman–Crippen MR) is 117 cm³/mol. The average molecular weight is 418 g/mol. The van der Waals surface area contributed by atoms with E-state index in [1.165, 1.54) is 11.9 Å². The Balaban J connectivity index is 2.23. The summed E-state index contributed by atoms with van der Waals surface area (Å²) in [6.07, 6.45) is 1.96. The third-order valence-electron chi connectivity index (χ3n) is 3.50. The Hall–Kier alpha value is -2.29. The normalized spacial score (nSPS) is 10.6. The molecule has 2 aromatic rings. The maximum Gasteiger partial charge on any atom is 0.344 e. The lowest BCUT2D eigenvalue weighted by molar-refractivity contribution is -0.157. The zero-order valence-electron chi connectivity index (χ0n) is 16.7. The minimum absolute atomic E-state index is 0.195. The quantitative estimate of drug-likeness (QED) is 0.397. The van der Waals surface area contributed by atoms with Crippen LogP contribution in [0.5, 0.6) is 5.75 Å². The molecule has 6 heteroatoms. The molecular formula is C22H24ClNO3S. The van der Waals surface area contributed by atoms with Crippen molar-refractivity contribution in [1.82, 2.24) is 0 Å². The highest BCUT2D eigenvalue weighted by Crippen LogP contribution is 2.23. The van der Waals surface area contributed by atoms with E-state index in [0.717, 1.165) is 16.8 Å². The topological polar surface area (TPSA) is 47.6 Å². The van der Waals surface area contributed by atoms with Crippen LogP contribution >= 0.6 is 23.5 Å². The first kappa shape index (κ1) is 22.0. The van der Waals surface area contributed by atoms with Crippen LogP contribution in [0.15, 0.2) is 36.4 Å². The zero-order chi connectivity index (χ0) is 20.7. The molecule has 0 heterocycles. The first-order valence-electron chi connectivity index (χ1n) is 8.74. The number of hydrogen-bond donors (Lipinski definition) is 1. The van der Waals surface area contributed by atoms with Crippen molar-refractivity contribution in [3.05, 3.63) is 58.1 Å². The fraction of sp³-hybridized carbons (Fsp3) is 0.318.